The Kier molecular flexibility index (Phi) is 4.86. The highest BCUT2D eigenvalue weighted by Gasteiger charge is 2.53. The monoisotopic (exact) mass is 388 g/mol. The smallest absolute Gasteiger partial charge is 0.333 e. The molecule has 6 aliphatic rings. The summed E-state index contributed by atoms with van der Waals surface area (Å²) in [4.78, 5) is 11.9. The zero-order valence-corrected chi connectivity index (χ0v) is 17.5. The summed E-state index contributed by atoms with van der Waals surface area (Å²) in [6.07, 6.45) is 11.4. The minimum Gasteiger partial charge on any atom is -0.459 e. The molecule has 0 spiro atoms. The second kappa shape index (κ2) is 7.12. The van der Waals surface area contributed by atoms with Crippen molar-refractivity contribution in [2.45, 2.75) is 89.6 Å². The van der Waals surface area contributed by atoms with E-state index in [0.717, 1.165) is 37.2 Å². The Morgan fingerprint density at radius 3 is 2.32 bits per heavy atom. The third-order valence-electron chi connectivity index (χ3n) is 8.57. The first kappa shape index (κ1) is 19.1. The van der Waals surface area contributed by atoms with Crippen LogP contribution in [0, 0.1) is 35.5 Å². The van der Waals surface area contributed by atoms with Crippen molar-refractivity contribution in [1.82, 2.24) is 0 Å². The maximum Gasteiger partial charge on any atom is 0.333 e. The number of ether oxygens (including phenoxy) is 3. The second-order valence-electron chi connectivity index (χ2n) is 10.7. The molecule has 0 aromatic rings. The molecule has 0 aliphatic heterocycles. The first-order chi connectivity index (χ1) is 13.4. The number of hydrogen-bond acceptors (Lipinski definition) is 4. The lowest BCUT2D eigenvalue weighted by atomic mass is 9.54. The summed E-state index contributed by atoms with van der Waals surface area (Å²) < 4.78 is 18.6. The minimum atomic E-state index is -0.240. The van der Waals surface area contributed by atoms with E-state index in [2.05, 4.69) is 13.5 Å². The third-order valence-corrected chi connectivity index (χ3v) is 8.57. The predicted molar refractivity (Wildman–Crippen MR) is 106 cm³/mol. The molecule has 4 unspecified atom stereocenters. The molecule has 5 atom stereocenters. The van der Waals surface area contributed by atoms with Gasteiger partial charge in [0, 0.05) is 11.5 Å². The quantitative estimate of drug-likeness (QED) is 0.355. The molecule has 6 bridgehead atoms. The van der Waals surface area contributed by atoms with Crippen LogP contribution in [0.4, 0.5) is 0 Å². The Balaban J connectivity index is 1.14. The van der Waals surface area contributed by atoms with E-state index < -0.39 is 0 Å². The molecule has 0 radical (unpaired) electrons. The summed E-state index contributed by atoms with van der Waals surface area (Å²) in [5.41, 5.74) is 0.593. The number of hydrogen-bond donors (Lipinski definition) is 0. The van der Waals surface area contributed by atoms with Gasteiger partial charge in [0.05, 0.1) is 12.2 Å². The van der Waals surface area contributed by atoms with E-state index in [4.69, 9.17) is 14.2 Å². The van der Waals surface area contributed by atoms with Gasteiger partial charge in [-0.25, -0.2) is 4.79 Å². The molecule has 6 aliphatic carbocycles. The summed E-state index contributed by atoms with van der Waals surface area (Å²) in [6, 6.07) is 0. The number of carbonyl (C=O) groups is 1. The molecule has 0 aromatic heterocycles. The van der Waals surface area contributed by atoms with Crippen molar-refractivity contribution in [3.63, 3.8) is 0 Å². The zero-order valence-electron chi connectivity index (χ0n) is 17.5. The van der Waals surface area contributed by atoms with Gasteiger partial charge >= 0.3 is 5.97 Å². The summed E-state index contributed by atoms with van der Waals surface area (Å²) in [7, 11) is 0. The van der Waals surface area contributed by atoms with Gasteiger partial charge in [-0.3, -0.25) is 0 Å². The molecule has 0 heterocycles. The fourth-order valence-electron chi connectivity index (χ4n) is 7.85. The summed E-state index contributed by atoms with van der Waals surface area (Å²) >= 11 is 0. The van der Waals surface area contributed by atoms with Crippen LogP contribution in [-0.4, -0.2) is 30.6 Å². The number of esters is 1. The Labute approximate surface area is 169 Å². The fraction of sp³-hybridized carbons (Fsp3) is 0.875. The highest BCUT2D eigenvalue weighted by atomic mass is 16.7. The van der Waals surface area contributed by atoms with Crippen LogP contribution < -0.4 is 0 Å². The van der Waals surface area contributed by atoms with Crippen LogP contribution in [0.1, 0.15) is 71.6 Å². The van der Waals surface area contributed by atoms with E-state index in [-0.39, 0.29) is 24.0 Å². The lowest BCUT2D eigenvalue weighted by Gasteiger charge is -2.56. The standard InChI is InChI=1S/C24H36O4/c1-14(2)23(25)27-22-9-19-4-5-20(22)21(19)13-26-15(3)28-24-10-16-6-17(11-24)8-18(7-16)12-24/h15-22H,1,4-13H2,2-3H3/t15?,16?,17?,18?,19?,20?,21?,22-,24?/m1/s1. The number of carbonyl (C=O) groups excluding carboxylic acids is 1. The van der Waals surface area contributed by atoms with Crippen molar-refractivity contribution in [2.75, 3.05) is 6.61 Å². The van der Waals surface area contributed by atoms with Crippen LogP contribution in [0.25, 0.3) is 0 Å². The van der Waals surface area contributed by atoms with Gasteiger partial charge in [-0.1, -0.05) is 6.58 Å². The predicted octanol–water partition coefficient (Wildman–Crippen LogP) is 4.87. The van der Waals surface area contributed by atoms with Crippen LogP contribution in [0.15, 0.2) is 12.2 Å². The van der Waals surface area contributed by atoms with Crippen LogP contribution in [0.3, 0.4) is 0 Å². The van der Waals surface area contributed by atoms with E-state index >= 15 is 0 Å². The molecule has 4 nitrogen and oxygen atoms in total. The lowest BCUT2D eigenvalue weighted by molar-refractivity contribution is -0.253. The molecule has 6 fully saturated rings. The van der Waals surface area contributed by atoms with Gasteiger partial charge in [-0.15, -0.1) is 0 Å². The summed E-state index contributed by atoms with van der Waals surface area (Å²) in [6.45, 7) is 8.26. The van der Waals surface area contributed by atoms with Crippen molar-refractivity contribution in [3.05, 3.63) is 12.2 Å². The van der Waals surface area contributed by atoms with E-state index in [1.54, 1.807) is 6.92 Å². The topological polar surface area (TPSA) is 44.8 Å². The first-order valence-corrected chi connectivity index (χ1v) is 11.6. The van der Waals surface area contributed by atoms with Crippen molar-refractivity contribution in [2.24, 2.45) is 35.5 Å². The summed E-state index contributed by atoms with van der Waals surface area (Å²) in [5.74, 6) is 4.02. The third kappa shape index (κ3) is 3.45. The fourth-order valence-corrected chi connectivity index (χ4v) is 7.85. The molecule has 156 valence electrons. The van der Waals surface area contributed by atoms with E-state index in [1.807, 2.05) is 0 Å². The van der Waals surface area contributed by atoms with E-state index in [9.17, 15) is 4.79 Å². The average molecular weight is 389 g/mol. The average Bonchev–Trinajstić information content (AvgIpc) is 3.14. The molecule has 0 saturated heterocycles. The van der Waals surface area contributed by atoms with E-state index in [1.165, 1.54) is 44.9 Å². The zero-order chi connectivity index (χ0) is 19.5. The van der Waals surface area contributed by atoms with Gasteiger partial charge in [0.2, 0.25) is 0 Å². The lowest BCUT2D eigenvalue weighted by Crippen LogP contribution is -2.53. The highest BCUT2D eigenvalue weighted by Crippen LogP contribution is 2.57. The number of rotatable bonds is 7. The van der Waals surface area contributed by atoms with Gasteiger partial charge in [0.25, 0.3) is 0 Å². The van der Waals surface area contributed by atoms with Gasteiger partial charge in [0.1, 0.15) is 6.10 Å². The number of fused-ring (bicyclic) bond motifs is 2. The SMILES string of the molecule is C=C(C)C(=O)O[C@@H]1CC2CCC1C2COC(C)OC12CC3CC(CC(C3)C1)C2. The van der Waals surface area contributed by atoms with Crippen LogP contribution in [-0.2, 0) is 19.0 Å². The van der Waals surface area contributed by atoms with Crippen LogP contribution >= 0.6 is 0 Å². The molecule has 0 aromatic carbocycles. The Bertz CT molecular complexity index is 605. The molecule has 0 N–H and O–H groups in total. The maximum absolute atomic E-state index is 11.9. The molecule has 6 rings (SSSR count). The van der Waals surface area contributed by atoms with Crippen LogP contribution in [0.5, 0.6) is 0 Å². The normalized spacial score (nSPS) is 46.7. The van der Waals surface area contributed by atoms with Gasteiger partial charge in [0.15, 0.2) is 6.29 Å². The van der Waals surface area contributed by atoms with Crippen molar-refractivity contribution in [3.8, 4) is 0 Å². The van der Waals surface area contributed by atoms with Crippen LogP contribution in [0.2, 0.25) is 0 Å². The summed E-state index contributed by atoms with van der Waals surface area (Å²) in [5, 5.41) is 0. The molecule has 0 amide bonds. The molecular formula is C24H36O4. The van der Waals surface area contributed by atoms with Gasteiger partial charge < -0.3 is 14.2 Å². The largest absolute Gasteiger partial charge is 0.459 e. The molecule has 28 heavy (non-hydrogen) atoms. The van der Waals surface area contributed by atoms with Gasteiger partial charge in [-0.2, -0.15) is 0 Å². The van der Waals surface area contributed by atoms with Gasteiger partial charge in [-0.05, 0) is 101 Å². The Hall–Kier alpha value is -0.870. The molecular weight excluding hydrogens is 352 g/mol. The molecule has 6 saturated carbocycles. The first-order valence-electron chi connectivity index (χ1n) is 11.6. The second-order valence-corrected chi connectivity index (χ2v) is 10.7. The van der Waals surface area contributed by atoms with Crippen molar-refractivity contribution >= 4 is 5.97 Å². The van der Waals surface area contributed by atoms with E-state index in [0.29, 0.717) is 23.3 Å². The van der Waals surface area contributed by atoms with Crippen molar-refractivity contribution in [1.29, 1.82) is 0 Å². The Morgan fingerprint density at radius 2 is 1.71 bits per heavy atom. The highest BCUT2D eigenvalue weighted by molar-refractivity contribution is 5.87. The van der Waals surface area contributed by atoms with Crippen molar-refractivity contribution < 1.29 is 19.0 Å². The molecule has 4 heteroatoms. The Morgan fingerprint density at radius 1 is 1.07 bits per heavy atom. The minimum absolute atomic E-state index is 0.0518. The maximum atomic E-state index is 11.9.